The third kappa shape index (κ3) is 5.28. The molecule has 0 aliphatic heterocycles. The third-order valence-electron chi connectivity index (χ3n) is 3.47. The van der Waals surface area contributed by atoms with Crippen molar-refractivity contribution < 1.29 is 9.90 Å². The van der Waals surface area contributed by atoms with Crippen molar-refractivity contribution in [1.82, 2.24) is 0 Å². The molecule has 0 saturated carbocycles. The molecule has 0 heterocycles. The first-order valence-corrected chi connectivity index (χ1v) is 6.96. The summed E-state index contributed by atoms with van der Waals surface area (Å²) < 4.78 is 0. The Kier molecular flexibility index (Phi) is 7.90. The molecular formula is C17H20NaO2. The zero-order valence-corrected chi connectivity index (χ0v) is 14.1. The van der Waals surface area contributed by atoms with Crippen LogP contribution >= 0.6 is 0 Å². The molecule has 1 N–H and O–H groups in total. The van der Waals surface area contributed by atoms with Crippen LogP contribution < -0.4 is 0 Å². The fraction of sp³-hybridized carbons (Fsp3) is 0.353. The van der Waals surface area contributed by atoms with Crippen molar-refractivity contribution in [2.24, 2.45) is 0 Å². The fourth-order valence-electron chi connectivity index (χ4n) is 2.46. The molecule has 0 unspecified atom stereocenters. The van der Waals surface area contributed by atoms with Gasteiger partial charge in [-0.25, -0.2) is 0 Å². The molecule has 0 amide bonds. The topological polar surface area (TPSA) is 37.3 Å². The molecule has 0 aromatic heterocycles. The van der Waals surface area contributed by atoms with Crippen molar-refractivity contribution in [3.05, 3.63) is 48.0 Å². The molecule has 0 spiro atoms. The Hall–Kier alpha value is -0.830. The standard InChI is InChI=1S/C17H20O2.Na/c18-17(19)13-4-2-1-3-8-14-10-7-11-15-9-5-6-12-16(14)15;/h5-7,9-12H,1-4,8,13H2,(H,18,19);. The number of benzene rings is 2. The van der Waals surface area contributed by atoms with Crippen LogP contribution in [0.25, 0.3) is 10.8 Å². The van der Waals surface area contributed by atoms with Crippen LogP contribution in [-0.4, -0.2) is 40.6 Å². The van der Waals surface area contributed by atoms with E-state index < -0.39 is 5.97 Å². The second kappa shape index (κ2) is 9.17. The maximum atomic E-state index is 10.4. The first-order chi connectivity index (χ1) is 9.27. The molecule has 0 aliphatic carbocycles. The van der Waals surface area contributed by atoms with E-state index in [0.29, 0.717) is 6.42 Å². The summed E-state index contributed by atoms with van der Waals surface area (Å²) in [4.78, 5) is 10.4. The number of aliphatic carboxylic acids is 1. The van der Waals surface area contributed by atoms with Gasteiger partial charge >= 0.3 is 5.97 Å². The smallest absolute Gasteiger partial charge is 0.303 e. The zero-order chi connectivity index (χ0) is 13.5. The Bertz CT molecular complexity index is 546. The van der Waals surface area contributed by atoms with E-state index >= 15 is 0 Å². The number of aryl methyl sites for hydroxylation is 1. The molecule has 20 heavy (non-hydrogen) atoms. The number of fused-ring (bicyclic) bond motifs is 1. The normalized spacial score (nSPS) is 10.2. The summed E-state index contributed by atoms with van der Waals surface area (Å²) >= 11 is 0. The molecule has 0 fully saturated rings. The van der Waals surface area contributed by atoms with Crippen LogP contribution in [0.1, 0.15) is 37.7 Å². The van der Waals surface area contributed by atoms with Gasteiger partial charge in [-0.15, -0.1) is 0 Å². The molecule has 2 nitrogen and oxygen atoms in total. The van der Waals surface area contributed by atoms with Gasteiger partial charge in [-0.05, 0) is 35.6 Å². The number of hydrogen-bond donors (Lipinski definition) is 1. The Labute approximate surface area is 142 Å². The number of unbranched alkanes of at least 4 members (excludes halogenated alkanes) is 3. The second-order valence-corrected chi connectivity index (χ2v) is 4.95. The van der Waals surface area contributed by atoms with Crippen LogP contribution in [0.5, 0.6) is 0 Å². The summed E-state index contributed by atoms with van der Waals surface area (Å²) in [5.74, 6) is -0.686. The summed E-state index contributed by atoms with van der Waals surface area (Å²) in [7, 11) is 0. The fourth-order valence-corrected chi connectivity index (χ4v) is 2.46. The Morgan fingerprint density at radius 1 is 0.900 bits per heavy atom. The van der Waals surface area contributed by atoms with E-state index in [4.69, 9.17) is 5.11 Å². The minimum Gasteiger partial charge on any atom is -0.481 e. The Morgan fingerprint density at radius 2 is 1.60 bits per heavy atom. The van der Waals surface area contributed by atoms with Crippen molar-refractivity contribution >= 4 is 46.3 Å². The average Bonchev–Trinajstić information content (AvgIpc) is 2.42. The van der Waals surface area contributed by atoms with Crippen LogP contribution in [0.15, 0.2) is 42.5 Å². The maximum absolute atomic E-state index is 10.4. The molecule has 2 aromatic carbocycles. The van der Waals surface area contributed by atoms with Crippen LogP contribution in [0, 0.1) is 0 Å². The summed E-state index contributed by atoms with van der Waals surface area (Å²) in [6.45, 7) is 0. The van der Waals surface area contributed by atoms with E-state index in [9.17, 15) is 4.79 Å². The third-order valence-corrected chi connectivity index (χ3v) is 3.47. The van der Waals surface area contributed by atoms with Gasteiger partial charge in [0.1, 0.15) is 0 Å². The van der Waals surface area contributed by atoms with Gasteiger partial charge in [0.15, 0.2) is 0 Å². The van der Waals surface area contributed by atoms with Gasteiger partial charge < -0.3 is 5.11 Å². The predicted molar refractivity (Wildman–Crippen MR) is 84.1 cm³/mol. The van der Waals surface area contributed by atoms with Gasteiger partial charge in [0.05, 0.1) is 0 Å². The van der Waals surface area contributed by atoms with Crippen LogP contribution in [-0.2, 0) is 11.2 Å². The average molecular weight is 279 g/mol. The largest absolute Gasteiger partial charge is 0.481 e. The molecular weight excluding hydrogens is 259 g/mol. The van der Waals surface area contributed by atoms with Crippen molar-refractivity contribution in [1.29, 1.82) is 0 Å². The quantitative estimate of drug-likeness (QED) is 0.613. The van der Waals surface area contributed by atoms with Crippen molar-refractivity contribution in [3.8, 4) is 0 Å². The van der Waals surface area contributed by atoms with Gasteiger partial charge in [-0.2, -0.15) is 0 Å². The number of rotatable bonds is 7. The number of carboxylic acid groups (broad SMARTS) is 1. The predicted octanol–water partition coefficient (Wildman–Crippen LogP) is 4.04. The first-order valence-electron chi connectivity index (χ1n) is 6.96. The zero-order valence-electron chi connectivity index (χ0n) is 12.1. The van der Waals surface area contributed by atoms with E-state index in [0.717, 1.165) is 32.1 Å². The van der Waals surface area contributed by atoms with Gasteiger partial charge in [0, 0.05) is 36.0 Å². The van der Waals surface area contributed by atoms with Crippen LogP contribution in [0.4, 0.5) is 0 Å². The summed E-state index contributed by atoms with van der Waals surface area (Å²) in [6, 6.07) is 14.9. The van der Waals surface area contributed by atoms with Gasteiger partial charge in [0.25, 0.3) is 0 Å². The number of hydrogen-bond acceptors (Lipinski definition) is 1. The van der Waals surface area contributed by atoms with E-state index in [1.165, 1.54) is 16.3 Å². The van der Waals surface area contributed by atoms with E-state index in [1.54, 1.807) is 0 Å². The van der Waals surface area contributed by atoms with Gasteiger partial charge in [-0.3, -0.25) is 4.79 Å². The molecule has 3 heteroatoms. The van der Waals surface area contributed by atoms with Crippen molar-refractivity contribution in [2.45, 2.75) is 38.5 Å². The molecule has 0 aliphatic rings. The molecule has 0 saturated heterocycles. The molecule has 2 rings (SSSR count). The maximum Gasteiger partial charge on any atom is 0.303 e. The van der Waals surface area contributed by atoms with Gasteiger partial charge in [0.2, 0.25) is 0 Å². The van der Waals surface area contributed by atoms with E-state index in [1.807, 2.05) is 0 Å². The first kappa shape index (κ1) is 17.2. The monoisotopic (exact) mass is 279 g/mol. The summed E-state index contributed by atoms with van der Waals surface area (Å²) in [5.41, 5.74) is 1.40. The minimum atomic E-state index is -0.686. The van der Waals surface area contributed by atoms with Crippen molar-refractivity contribution in [2.75, 3.05) is 0 Å². The molecule has 1 radical (unpaired) electrons. The SMILES string of the molecule is O=C(O)CCCCCCc1cccc2ccccc12.[Na]. The number of carboxylic acids is 1. The van der Waals surface area contributed by atoms with Gasteiger partial charge in [-0.1, -0.05) is 55.3 Å². The van der Waals surface area contributed by atoms with E-state index in [-0.39, 0.29) is 29.6 Å². The molecule has 0 bridgehead atoms. The summed E-state index contributed by atoms with van der Waals surface area (Å²) in [5, 5.41) is 11.2. The Morgan fingerprint density at radius 3 is 2.40 bits per heavy atom. The number of carbonyl (C=O) groups is 1. The second-order valence-electron chi connectivity index (χ2n) is 4.95. The van der Waals surface area contributed by atoms with Crippen LogP contribution in [0.3, 0.4) is 0 Å². The minimum absolute atomic E-state index is 0. The Balaban J connectivity index is 0.00000200. The van der Waals surface area contributed by atoms with Crippen LogP contribution in [0.2, 0.25) is 0 Å². The van der Waals surface area contributed by atoms with E-state index in [2.05, 4.69) is 42.5 Å². The summed E-state index contributed by atoms with van der Waals surface area (Å²) in [6.07, 6.45) is 5.43. The van der Waals surface area contributed by atoms with Crippen molar-refractivity contribution in [3.63, 3.8) is 0 Å². The molecule has 101 valence electrons. The molecule has 2 aromatic rings. The molecule has 0 atom stereocenters.